The molecule has 0 aromatic heterocycles. The summed E-state index contributed by atoms with van der Waals surface area (Å²) in [7, 11) is 1.72. The van der Waals surface area contributed by atoms with Crippen molar-refractivity contribution in [2.24, 2.45) is 5.41 Å². The molecule has 0 atom stereocenters. The van der Waals surface area contributed by atoms with Crippen molar-refractivity contribution in [3.8, 4) is 0 Å². The van der Waals surface area contributed by atoms with Gasteiger partial charge >= 0.3 is 0 Å². The Morgan fingerprint density at radius 1 is 1.25 bits per heavy atom. The molecule has 0 spiro atoms. The number of hydrogen-bond donors (Lipinski definition) is 1. The second-order valence-corrected chi connectivity index (χ2v) is 7.44. The number of halogens is 2. The summed E-state index contributed by atoms with van der Waals surface area (Å²) in [6, 6.07) is 5.86. The number of methoxy groups -OCH3 is 1. The van der Waals surface area contributed by atoms with Gasteiger partial charge in [0.25, 0.3) is 0 Å². The third-order valence-electron chi connectivity index (χ3n) is 4.08. The van der Waals surface area contributed by atoms with E-state index in [1.165, 1.54) is 5.56 Å². The number of nitrogens with one attached hydrogen (secondary N) is 1. The normalized spacial score (nSPS) is 19.6. The summed E-state index contributed by atoms with van der Waals surface area (Å²) >= 11 is 12.4. The summed E-state index contributed by atoms with van der Waals surface area (Å²) in [5.41, 5.74) is 1.72. The van der Waals surface area contributed by atoms with E-state index in [0.29, 0.717) is 10.4 Å². The van der Waals surface area contributed by atoms with Gasteiger partial charge in [-0.15, -0.1) is 0 Å². The Balaban J connectivity index is 2.15. The molecule has 0 radical (unpaired) electrons. The minimum Gasteiger partial charge on any atom is -0.383 e. The van der Waals surface area contributed by atoms with Gasteiger partial charge in [0.1, 0.15) is 0 Å². The molecule has 0 heterocycles. The molecule has 20 heavy (non-hydrogen) atoms. The van der Waals surface area contributed by atoms with Crippen molar-refractivity contribution in [3.05, 3.63) is 33.8 Å². The van der Waals surface area contributed by atoms with E-state index in [4.69, 9.17) is 27.9 Å². The Hall–Kier alpha value is -0.280. The SMILES string of the molecule is COCCNCC1(c2ccc(Cl)cc2Cl)CC(C)(C)C1. The van der Waals surface area contributed by atoms with E-state index in [9.17, 15) is 0 Å². The number of ether oxygens (including phenoxy) is 1. The van der Waals surface area contributed by atoms with Gasteiger partial charge in [0, 0.05) is 35.7 Å². The zero-order chi connectivity index (χ0) is 14.8. The van der Waals surface area contributed by atoms with Crippen molar-refractivity contribution in [1.29, 1.82) is 0 Å². The summed E-state index contributed by atoms with van der Waals surface area (Å²) in [4.78, 5) is 0. The Bertz CT molecular complexity index is 466. The molecule has 0 bridgehead atoms. The molecule has 1 saturated carbocycles. The van der Waals surface area contributed by atoms with Crippen LogP contribution in [0.4, 0.5) is 0 Å². The van der Waals surface area contributed by atoms with E-state index < -0.39 is 0 Å². The number of rotatable bonds is 6. The van der Waals surface area contributed by atoms with Crippen LogP contribution >= 0.6 is 23.2 Å². The Kier molecular flexibility index (Phi) is 5.01. The standard InChI is InChI=1S/C16H23Cl2NO/c1-15(2)9-16(10-15,11-19-6-7-20-3)13-5-4-12(17)8-14(13)18/h4-5,8,19H,6-7,9-11H2,1-3H3. The molecule has 1 aromatic rings. The Morgan fingerprint density at radius 3 is 2.50 bits per heavy atom. The van der Waals surface area contributed by atoms with E-state index in [1.807, 2.05) is 12.1 Å². The molecule has 0 saturated heterocycles. The van der Waals surface area contributed by atoms with Crippen LogP contribution in [-0.4, -0.2) is 26.8 Å². The molecule has 112 valence electrons. The van der Waals surface area contributed by atoms with Gasteiger partial charge in [-0.2, -0.15) is 0 Å². The van der Waals surface area contributed by atoms with Crippen LogP contribution in [0.1, 0.15) is 32.3 Å². The van der Waals surface area contributed by atoms with Crippen molar-refractivity contribution < 1.29 is 4.74 Å². The maximum atomic E-state index is 6.42. The largest absolute Gasteiger partial charge is 0.383 e. The highest BCUT2D eigenvalue weighted by molar-refractivity contribution is 6.35. The summed E-state index contributed by atoms with van der Waals surface area (Å²) in [5, 5.41) is 4.96. The van der Waals surface area contributed by atoms with E-state index >= 15 is 0 Å². The van der Waals surface area contributed by atoms with Crippen LogP contribution in [0.3, 0.4) is 0 Å². The molecule has 4 heteroatoms. The van der Waals surface area contributed by atoms with Crippen LogP contribution in [0.2, 0.25) is 10.0 Å². The van der Waals surface area contributed by atoms with Crippen LogP contribution in [0, 0.1) is 5.41 Å². The summed E-state index contributed by atoms with van der Waals surface area (Å²) in [5.74, 6) is 0. The molecular weight excluding hydrogens is 293 g/mol. The molecular formula is C16H23Cl2NO. The minimum absolute atomic E-state index is 0.124. The van der Waals surface area contributed by atoms with E-state index in [0.717, 1.165) is 37.6 Å². The molecule has 1 fully saturated rings. The minimum atomic E-state index is 0.124. The molecule has 2 rings (SSSR count). The third-order valence-corrected chi connectivity index (χ3v) is 4.63. The Morgan fingerprint density at radius 2 is 1.95 bits per heavy atom. The van der Waals surface area contributed by atoms with E-state index in [1.54, 1.807) is 7.11 Å². The summed E-state index contributed by atoms with van der Waals surface area (Å²) in [6.07, 6.45) is 2.28. The molecule has 1 N–H and O–H groups in total. The van der Waals surface area contributed by atoms with Crippen molar-refractivity contribution in [1.82, 2.24) is 5.32 Å². The molecule has 1 aromatic carbocycles. The number of benzene rings is 1. The average molecular weight is 316 g/mol. The van der Waals surface area contributed by atoms with Gasteiger partial charge in [-0.1, -0.05) is 43.1 Å². The van der Waals surface area contributed by atoms with Crippen molar-refractivity contribution in [2.75, 3.05) is 26.8 Å². The first-order valence-corrected chi connectivity index (χ1v) is 7.79. The molecule has 0 amide bonds. The lowest BCUT2D eigenvalue weighted by atomic mass is 9.52. The molecule has 1 aliphatic rings. The molecule has 0 unspecified atom stereocenters. The van der Waals surface area contributed by atoms with Crippen molar-refractivity contribution >= 4 is 23.2 Å². The van der Waals surface area contributed by atoms with E-state index in [-0.39, 0.29) is 5.41 Å². The zero-order valence-electron chi connectivity index (χ0n) is 12.4. The quantitative estimate of drug-likeness (QED) is 0.791. The predicted molar refractivity (Wildman–Crippen MR) is 85.9 cm³/mol. The lowest BCUT2D eigenvalue weighted by Crippen LogP contribution is -2.53. The van der Waals surface area contributed by atoms with Gasteiger partial charge in [-0.05, 0) is 36.0 Å². The number of hydrogen-bond acceptors (Lipinski definition) is 2. The van der Waals surface area contributed by atoms with Crippen LogP contribution in [0.15, 0.2) is 18.2 Å². The highest BCUT2D eigenvalue weighted by Crippen LogP contribution is 2.56. The summed E-state index contributed by atoms with van der Waals surface area (Å²) in [6.45, 7) is 7.15. The van der Waals surface area contributed by atoms with Gasteiger partial charge in [0.2, 0.25) is 0 Å². The van der Waals surface area contributed by atoms with Gasteiger partial charge < -0.3 is 10.1 Å². The second-order valence-electron chi connectivity index (χ2n) is 6.59. The molecule has 1 aliphatic carbocycles. The smallest absolute Gasteiger partial charge is 0.0587 e. The Labute approximate surface area is 131 Å². The van der Waals surface area contributed by atoms with Gasteiger partial charge in [-0.25, -0.2) is 0 Å². The van der Waals surface area contributed by atoms with Crippen LogP contribution in [-0.2, 0) is 10.2 Å². The lowest BCUT2D eigenvalue weighted by molar-refractivity contribution is 0.0549. The van der Waals surface area contributed by atoms with Crippen LogP contribution in [0.5, 0.6) is 0 Å². The fraction of sp³-hybridized carbons (Fsp3) is 0.625. The van der Waals surface area contributed by atoms with E-state index in [2.05, 4.69) is 25.2 Å². The van der Waals surface area contributed by atoms with Gasteiger partial charge in [-0.3, -0.25) is 0 Å². The fourth-order valence-electron chi connectivity index (χ4n) is 3.61. The highest BCUT2D eigenvalue weighted by atomic mass is 35.5. The monoisotopic (exact) mass is 315 g/mol. The first-order chi connectivity index (χ1) is 9.38. The lowest BCUT2D eigenvalue weighted by Gasteiger charge is -2.54. The van der Waals surface area contributed by atoms with Crippen molar-refractivity contribution in [2.45, 2.75) is 32.1 Å². The fourth-order valence-corrected chi connectivity index (χ4v) is 4.22. The average Bonchev–Trinajstić information content (AvgIpc) is 2.32. The molecule has 0 aliphatic heterocycles. The predicted octanol–water partition coefficient (Wildman–Crippen LogP) is 4.29. The third kappa shape index (κ3) is 3.48. The molecule has 2 nitrogen and oxygen atoms in total. The second kappa shape index (κ2) is 6.23. The van der Waals surface area contributed by atoms with Gasteiger partial charge in [0.15, 0.2) is 0 Å². The zero-order valence-corrected chi connectivity index (χ0v) is 13.9. The maximum Gasteiger partial charge on any atom is 0.0587 e. The first-order valence-electron chi connectivity index (χ1n) is 7.04. The van der Waals surface area contributed by atoms with Gasteiger partial charge in [0.05, 0.1) is 6.61 Å². The summed E-state index contributed by atoms with van der Waals surface area (Å²) < 4.78 is 5.09. The van der Waals surface area contributed by atoms with Crippen LogP contribution < -0.4 is 5.32 Å². The topological polar surface area (TPSA) is 21.3 Å². The first kappa shape index (κ1) is 16.1. The highest BCUT2D eigenvalue weighted by Gasteiger charge is 2.50. The maximum absolute atomic E-state index is 6.42. The van der Waals surface area contributed by atoms with Crippen LogP contribution in [0.25, 0.3) is 0 Å². The van der Waals surface area contributed by atoms with Crippen molar-refractivity contribution in [3.63, 3.8) is 0 Å².